The van der Waals surface area contributed by atoms with Gasteiger partial charge in [0.15, 0.2) is 0 Å². The van der Waals surface area contributed by atoms with Gasteiger partial charge in [0.2, 0.25) is 5.91 Å². The lowest BCUT2D eigenvalue weighted by Crippen LogP contribution is -2.42. The minimum Gasteiger partial charge on any atom is -0.393 e. The van der Waals surface area contributed by atoms with E-state index >= 15 is 0 Å². The first-order valence-electron chi connectivity index (χ1n) is 6.61. The Balaban J connectivity index is 2.55. The molecule has 98 valence electrons. The first-order chi connectivity index (χ1) is 8.02. The molecule has 1 aliphatic rings. The van der Waals surface area contributed by atoms with E-state index in [-0.39, 0.29) is 12.0 Å². The molecule has 0 aromatic carbocycles. The first kappa shape index (κ1) is 14.4. The quantitative estimate of drug-likeness (QED) is 0.769. The molecule has 4 heteroatoms. The van der Waals surface area contributed by atoms with Crippen LogP contribution in [0.15, 0.2) is 0 Å². The number of carbonyl (C=O) groups is 1. The maximum atomic E-state index is 12.4. The Labute approximate surface area is 110 Å². The van der Waals surface area contributed by atoms with Gasteiger partial charge in [0.05, 0.1) is 4.99 Å². The smallest absolute Gasteiger partial charge is 0.225 e. The number of amides is 1. The Morgan fingerprint density at radius 2 is 1.94 bits per heavy atom. The molecule has 1 fully saturated rings. The van der Waals surface area contributed by atoms with Crippen molar-refractivity contribution in [3.05, 3.63) is 0 Å². The Hall–Kier alpha value is -0.640. The predicted octanol–water partition coefficient (Wildman–Crippen LogP) is 2.48. The second-order valence-corrected chi connectivity index (χ2v) is 5.70. The van der Waals surface area contributed by atoms with E-state index in [1.807, 2.05) is 4.90 Å². The summed E-state index contributed by atoms with van der Waals surface area (Å²) in [5.41, 5.74) is 5.51. The third-order valence-corrected chi connectivity index (χ3v) is 3.66. The van der Waals surface area contributed by atoms with Gasteiger partial charge in [-0.3, -0.25) is 4.79 Å². The SMILES string of the molecule is CC(C)N(CCC(N)=S)C(=O)C1CCCCC1. The average Bonchev–Trinajstić information content (AvgIpc) is 2.29. The van der Waals surface area contributed by atoms with Crippen LogP contribution < -0.4 is 5.73 Å². The van der Waals surface area contributed by atoms with Crippen molar-refractivity contribution in [2.45, 2.75) is 58.4 Å². The van der Waals surface area contributed by atoms with Crippen molar-refractivity contribution >= 4 is 23.1 Å². The summed E-state index contributed by atoms with van der Waals surface area (Å²) in [5, 5.41) is 0. The number of carbonyl (C=O) groups excluding carboxylic acids is 1. The highest BCUT2D eigenvalue weighted by molar-refractivity contribution is 7.80. The Kier molecular flexibility index (Phi) is 5.89. The third kappa shape index (κ3) is 4.62. The fourth-order valence-corrected chi connectivity index (χ4v) is 2.53. The average molecular weight is 256 g/mol. The summed E-state index contributed by atoms with van der Waals surface area (Å²) in [6.07, 6.45) is 6.39. The second-order valence-electron chi connectivity index (χ2n) is 5.18. The van der Waals surface area contributed by atoms with Gasteiger partial charge in [0.25, 0.3) is 0 Å². The van der Waals surface area contributed by atoms with E-state index in [0.29, 0.717) is 23.9 Å². The third-order valence-electron chi connectivity index (χ3n) is 3.46. The lowest BCUT2D eigenvalue weighted by molar-refractivity contribution is -0.138. The zero-order valence-electron chi connectivity index (χ0n) is 10.9. The Morgan fingerprint density at radius 1 is 1.35 bits per heavy atom. The van der Waals surface area contributed by atoms with E-state index in [2.05, 4.69) is 13.8 Å². The molecule has 1 saturated carbocycles. The van der Waals surface area contributed by atoms with Crippen molar-refractivity contribution in [1.29, 1.82) is 0 Å². The molecular weight excluding hydrogens is 232 g/mol. The van der Waals surface area contributed by atoms with Crippen LogP contribution in [0.1, 0.15) is 52.4 Å². The minimum atomic E-state index is 0.234. The first-order valence-corrected chi connectivity index (χ1v) is 7.02. The molecule has 0 atom stereocenters. The van der Waals surface area contributed by atoms with E-state index in [1.165, 1.54) is 19.3 Å². The maximum Gasteiger partial charge on any atom is 0.225 e. The van der Waals surface area contributed by atoms with Crippen molar-refractivity contribution in [2.24, 2.45) is 11.7 Å². The van der Waals surface area contributed by atoms with Crippen molar-refractivity contribution in [3.63, 3.8) is 0 Å². The standard InChI is InChI=1S/C13H24N2OS/c1-10(2)15(9-8-12(14)17)13(16)11-6-4-3-5-7-11/h10-11H,3-9H2,1-2H3,(H2,14,17). The molecule has 0 bridgehead atoms. The van der Waals surface area contributed by atoms with Crippen LogP contribution in [0.5, 0.6) is 0 Å². The van der Waals surface area contributed by atoms with Crippen LogP contribution >= 0.6 is 12.2 Å². The summed E-state index contributed by atoms with van der Waals surface area (Å²) in [7, 11) is 0. The van der Waals surface area contributed by atoms with Crippen molar-refractivity contribution < 1.29 is 4.79 Å². The molecule has 0 aromatic heterocycles. The monoisotopic (exact) mass is 256 g/mol. The van der Waals surface area contributed by atoms with Gasteiger partial charge in [-0.15, -0.1) is 0 Å². The van der Waals surface area contributed by atoms with Gasteiger partial charge in [-0.1, -0.05) is 31.5 Å². The highest BCUT2D eigenvalue weighted by Crippen LogP contribution is 2.26. The van der Waals surface area contributed by atoms with Gasteiger partial charge < -0.3 is 10.6 Å². The normalized spacial score (nSPS) is 17.1. The molecule has 17 heavy (non-hydrogen) atoms. The van der Waals surface area contributed by atoms with Gasteiger partial charge in [0, 0.05) is 24.9 Å². The van der Waals surface area contributed by atoms with Gasteiger partial charge in [0.1, 0.15) is 0 Å². The summed E-state index contributed by atoms with van der Waals surface area (Å²) >= 11 is 4.88. The molecule has 1 amide bonds. The summed E-state index contributed by atoms with van der Waals surface area (Å²) < 4.78 is 0. The molecule has 0 heterocycles. The Morgan fingerprint density at radius 3 is 2.41 bits per heavy atom. The van der Waals surface area contributed by atoms with Crippen molar-refractivity contribution in [1.82, 2.24) is 4.90 Å². The predicted molar refractivity (Wildman–Crippen MR) is 74.8 cm³/mol. The molecule has 2 N–H and O–H groups in total. The molecule has 0 radical (unpaired) electrons. The largest absolute Gasteiger partial charge is 0.393 e. The van der Waals surface area contributed by atoms with Crippen LogP contribution in [0.2, 0.25) is 0 Å². The number of nitrogens with zero attached hydrogens (tertiary/aromatic N) is 1. The van der Waals surface area contributed by atoms with E-state index in [1.54, 1.807) is 0 Å². The number of hydrogen-bond acceptors (Lipinski definition) is 2. The van der Waals surface area contributed by atoms with Crippen LogP contribution in [-0.2, 0) is 4.79 Å². The number of rotatable bonds is 5. The van der Waals surface area contributed by atoms with Crippen LogP contribution in [0, 0.1) is 5.92 Å². The summed E-state index contributed by atoms with van der Waals surface area (Å²) in [6.45, 7) is 4.78. The second kappa shape index (κ2) is 6.94. The van der Waals surface area contributed by atoms with Crippen LogP contribution in [0.3, 0.4) is 0 Å². The van der Waals surface area contributed by atoms with Crippen LogP contribution in [0.25, 0.3) is 0 Å². The zero-order chi connectivity index (χ0) is 12.8. The molecule has 0 saturated heterocycles. The van der Waals surface area contributed by atoms with Crippen molar-refractivity contribution in [3.8, 4) is 0 Å². The number of thiocarbonyl (C=S) groups is 1. The van der Waals surface area contributed by atoms with Gasteiger partial charge in [-0.25, -0.2) is 0 Å². The van der Waals surface area contributed by atoms with E-state index in [0.717, 1.165) is 12.8 Å². The molecule has 1 rings (SSSR count). The Bertz CT molecular complexity index is 273. The fraction of sp³-hybridized carbons (Fsp3) is 0.846. The zero-order valence-corrected chi connectivity index (χ0v) is 11.8. The van der Waals surface area contributed by atoms with E-state index in [4.69, 9.17) is 18.0 Å². The lowest BCUT2D eigenvalue weighted by Gasteiger charge is -2.32. The van der Waals surface area contributed by atoms with Crippen LogP contribution in [-0.4, -0.2) is 28.4 Å². The van der Waals surface area contributed by atoms with E-state index < -0.39 is 0 Å². The lowest BCUT2D eigenvalue weighted by atomic mass is 9.88. The van der Waals surface area contributed by atoms with Gasteiger partial charge in [-0.05, 0) is 26.7 Å². The van der Waals surface area contributed by atoms with Gasteiger partial charge >= 0.3 is 0 Å². The summed E-state index contributed by atoms with van der Waals surface area (Å²) in [6, 6.07) is 0.235. The maximum absolute atomic E-state index is 12.4. The number of nitrogens with two attached hydrogens (primary N) is 1. The molecule has 0 aromatic rings. The topological polar surface area (TPSA) is 46.3 Å². The fourth-order valence-electron chi connectivity index (χ4n) is 2.44. The van der Waals surface area contributed by atoms with E-state index in [9.17, 15) is 4.79 Å². The molecule has 0 unspecified atom stereocenters. The number of hydrogen-bond donors (Lipinski definition) is 1. The van der Waals surface area contributed by atoms with Crippen LogP contribution in [0.4, 0.5) is 0 Å². The molecule has 3 nitrogen and oxygen atoms in total. The minimum absolute atomic E-state index is 0.234. The molecular formula is C13H24N2OS. The summed E-state index contributed by atoms with van der Waals surface area (Å²) in [5.74, 6) is 0.536. The highest BCUT2D eigenvalue weighted by atomic mass is 32.1. The van der Waals surface area contributed by atoms with Gasteiger partial charge in [-0.2, -0.15) is 0 Å². The molecule has 1 aliphatic carbocycles. The molecule has 0 aliphatic heterocycles. The molecule has 0 spiro atoms. The highest BCUT2D eigenvalue weighted by Gasteiger charge is 2.27. The summed E-state index contributed by atoms with van der Waals surface area (Å²) in [4.78, 5) is 14.8. The van der Waals surface area contributed by atoms with Crippen molar-refractivity contribution in [2.75, 3.05) is 6.54 Å².